The van der Waals surface area contributed by atoms with Gasteiger partial charge in [-0.25, -0.2) is 4.57 Å². The Balaban J connectivity index is 3.36. The van der Waals surface area contributed by atoms with Crippen LogP contribution in [-0.2, 0) is 9.01 Å². The van der Waals surface area contributed by atoms with Gasteiger partial charge in [-0.05, 0) is 0 Å². The fourth-order valence-corrected chi connectivity index (χ4v) is 0.467. The zero-order chi connectivity index (χ0) is 5.91. The molecule has 0 spiro atoms. The Morgan fingerprint density at radius 3 is 2.14 bits per heavy atom. The van der Waals surface area contributed by atoms with Gasteiger partial charge in [0.1, 0.15) is 0 Å². The van der Waals surface area contributed by atoms with Gasteiger partial charge in [-0.1, -0.05) is 0 Å². The summed E-state index contributed by atoms with van der Waals surface area (Å²) in [5.74, 6) is 0. The molecule has 1 radical (unpaired) electrons. The quantitative estimate of drug-likeness (QED) is 0.417. The lowest BCUT2D eigenvalue weighted by atomic mass is 10.6. The first-order valence-electron chi connectivity index (χ1n) is 1.22. The van der Waals surface area contributed by atoms with Crippen LogP contribution in [0.3, 0.4) is 0 Å². The van der Waals surface area contributed by atoms with Gasteiger partial charge in [-0.15, -0.1) is 0 Å². The van der Waals surface area contributed by atoms with Crippen molar-refractivity contribution in [2.45, 2.75) is 0 Å². The summed E-state index contributed by atoms with van der Waals surface area (Å²) >= 11 is 4.65. The minimum atomic E-state index is -4.35. The predicted octanol–water partition coefficient (Wildman–Crippen LogP) is -0.131. The zero-order valence-corrected chi connectivity index (χ0v) is 4.76. The highest BCUT2D eigenvalue weighted by Crippen LogP contribution is 2.34. The van der Waals surface area contributed by atoms with E-state index in [1.165, 1.54) is 0 Å². The Morgan fingerprint density at radius 1 is 1.71 bits per heavy atom. The summed E-state index contributed by atoms with van der Waals surface area (Å²) in [6.07, 6.45) is 0. The van der Waals surface area contributed by atoms with Crippen molar-refractivity contribution in [2.75, 3.05) is 0 Å². The molecule has 0 rings (SSSR count). The highest BCUT2D eigenvalue weighted by atomic mass is 35.5. The summed E-state index contributed by atoms with van der Waals surface area (Å²) in [5.41, 5.74) is 0. The van der Waals surface area contributed by atoms with Crippen LogP contribution in [0.2, 0.25) is 0 Å². The Morgan fingerprint density at radius 2 is 2.14 bits per heavy atom. The number of hydrogen-bond donors (Lipinski definition) is 2. The van der Waals surface area contributed by atoms with Crippen molar-refractivity contribution < 1.29 is 18.8 Å². The van der Waals surface area contributed by atoms with E-state index in [-0.39, 0.29) is 0 Å². The van der Waals surface area contributed by atoms with Crippen LogP contribution in [0.4, 0.5) is 0 Å². The average Bonchev–Trinajstić information content (AvgIpc) is 1.30. The van der Waals surface area contributed by atoms with Gasteiger partial charge in [0.2, 0.25) is 0 Å². The second kappa shape index (κ2) is 2.69. The molecule has 0 saturated heterocycles. The number of phosphoric acid groups is 1. The topological polar surface area (TPSA) is 66.8 Å². The summed E-state index contributed by atoms with van der Waals surface area (Å²) < 4.78 is 13.1. The molecule has 0 fully saturated rings. The van der Waals surface area contributed by atoms with Gasteiger partial charge in [-0.2, -0.15) is 11.5 Å². The molecule has 0 atom stereocenters. The van der Waals surface area contributed by atoms with Crippen LogP contribution in [-0.4, -0.2) is 16.7 Å². The SMILES string of the molecule is O=P(O)(O)O[B]Cl. The molecule has 2 N–H and O–H groups in total. The standard InChI is InChI=1S/BClH2O4P/c2-1-6-7(3,4)5/h(H2,3,4,5). The first-order valence-corrected chi connectivity index (χ1v) is 3.19. The van der Waals surface area contributed by atoms with Crippen LogP contribution in [0.5, 0.6) is 0 Å². The molecule has 0 aromatic rings. The van der Waals surface area contributed by atoms with Gasteiger partial charge >= 0.3 is 14.7 Å². The molecule has 0 aliphatic carbocycles. The molecule has 7 heavy (non-hydrogen) atoms. The van der Waals surface area contributed by atoms with Crippen molar-refractivity contribution in [1.29, 1.82) is 0 Å². The molecule has 4 nitrogen and oxygen atoms in total. The smallest absolute Gasteiger partial charge is 0.334 e. The molecule has 0 aromatic heterocycles. The van der Waals surface area contributed by atoms with Gasteiger partial charge in [0.25, 0.3) is 0 Å². The molecule has 7 heteroatoms. The van der Waals surface area contributed by atoms with Crippen LogP contribution in [0, 0.1) is 0 Å². The number of rotatable bonds is 2. The van der Waals surface area contributed by atoms with E-state index in [0.717, 1.165) is 0 Å². The maximum Gasteiger partial charge on any atom is 0.456 e. The van der Waals surface area contributed by atoms with Crippen molar-refractivity contribution >= 4 is 26.2 Å². The largest absolute Gasteiger partial charge is 0.456 e. The van der Waals surface area contributed by atoms with Crippen LogP contribution >= 0.6 is 19.3 Å². The molecule has 0 aliphatic heterocycles. The summed E-state index contributed by atoms with van der Waals surface area (Å²) in [6.45, 7) is 0.417. The monoisotopic (exact) mass is 143 g/mol. The third-order valence-corrected chi connectivity index (χ3v) is 0.771. The molecule has 0 heterocycles. The van der Waals surface area contributed by atoms with E-state index in [1.54, 1.807) is 0 Å². The van der Waals surface area contributed by atoms with Crippen molar-refractivity contribution in [1.82, 2.24) is 0 Å². The highest BCUT2D eigenvalue weighted by Gasteiger charge is 2.11. The van der Waals surface area contributed by atoms with E-state index < -0.39 is 7.82 Å². The van der Waals surface area contributed by atoms with Crippen molar-refractivity contribution in [2.24, 2.45) is 0 Å². The number of halogens is 1. The van der Waals surface area contributed by atoms with Crippen molar-refractivity contribution in [3.05, 3.63) is 0 Å². The Kier molecular flexibility index (Phi) is 2.87. The second-order valence-corrected chi connectivity index (χ2v) is 2.06. The van der Waals surface area contributed by atoms with E-state index in [1.807, 2.05) is 0 Å². The van der Waals surface area contributed by atoms with E-state index in [9.17, 15) is 4.57 Å². The minimum Gasteiger partial charge on any atom is -0.334 e. The molecule has 41 valence electrons. The van der Waals surface area contributed by atoms with Crippen LogP contribution in [0.1, 0.15) is 0 Å². The summed E-state index contributed by atoms with van der Waals surface area (Å²) in [6, 6.07) is 0. The third kappa shape index (κ3) is 6.46. The Hall–Kier alpha value is 0.465. The van der Waals surface area contributed by atoms with Crippen LogP contribution in [0.15, 0.2) is 0 Å². The normalized spacial score (nSPS) is 11.3. The Labute approximate surface area is 45.9 Å². The summed E-state index contributed by atoms with van der Waals surface area (Å²) in [5, 5.41) is 0. The van der Waals surface area contributed by atoms with E-state index in [2.05, 4.69) is 15.9 Å². The van der Waals surface area contributed by atoms with Crippen LogP contribution in [0.25, 0.3) is 0 Å². The van der Waals surface area contributed by atoms with Gasteiger partial charge in [0.15, 0.2) is 0 Å². The zero-order valence-electron chi connectivity index (χ0n) is 3.11. The second-order valence-electron chi connectivity index (χ2n) is 0.685. The molecule has 0 saturated carbocycles. The lowest BCUT2D eigenvalue weighted by Gasteiger charge is -1.96. The lowest BCUT2D eigenvalue weighted by Crippen LogP contribution is -1.86. The molecule has 0 aliphatic rings. The summed E-state index contributed by atoms with van der Waals surface area (Å²) in [7, 11) is -4.35. The third-order valence-electron chi connectivity index (χ3n) is 0.177. The summed E-state index contributed by atoms with van der Waals surface area (Å²) in [4.78, 5) is 15.6. The van der Waals surface area contributed by atoms with Gasteiger partial charge in [0.05, 0.1) is 0 Å². The molecule has 0 unspecified atom stereocenters. The first-order chi connectivity index (χ1) is 3.06. The Bertz CT molecular complexity index is 85.7. The van der Waals surface area contributed by atoms with E-state index in [0.29, 0.717) is 6.90 Å². The maximum absolute atomic E-state index is 9.59. The molecular formula is H2BClO4P. The molecule has 0 amide bonds. The fraction of sp³-hybridized carbons (Fsp3) is 0. The van der Waals surface area contributed by atoms with Gasteiger partial charge in [0, 0.05) is 0 Å². The molecule has 0 bridgehead atoms. The first kappa shape index (κ1) is 7.46. The van der Waals surface area contributed by atoms with Crippen molar-refractivity contribution in [3.63, 3.8) is 0 Å². The average molecular weight is 143 g/mol. The van der Waals surface area contributed by atoms with Gasteiger partial charge in [-0.3, -0.25) is 0 Å². The predicted molar refractivity (Wildman–Crippen MR) is 24.7 cm³/mol. The lowest BCUT2D eigenvalue weighted by molar-refractivity contribution is 0.291. The van der Waals surface area contributed by atoms with Gasteiger partial charge < -0.3 is 14.2 Å². The molecular weight excluding hydrogens is 141 g/mol. The van der Waals surface area contributed by atoms with Crippen molar-refractivity contribution in [3.8, 4) is 0 Å². The fourth-order valence-electron chi connectivity index (χ4n) is 0.0519. The molecule has 0 aromatic carbocycles. The van der Waals surface area contributed by atoms with E-state index >= 15 is 0 Å². The maximum atomic E-state index is 9.59. The minimum absolute atomic E-state index is 0.417. The highest BCUT2D eigenvalue weighted by molar-refractivity contribution is 7.48. The van der Waals surface area contributed by atoms with E-state index in [4.69, 9.17) is 9.79 Å². The van der Waals surface area contributed by atoms with Crippen LogP contribution < -0.4 is 0 Å². The number of hydrogen-bond acceptors (Lipinski definition) is 2.